The van der Waals surface area contributed by atoms with Gasteiger partial charge in [0.15, 0.2) is 5.82 Å². The minimum Gasteiger partial charge on any atom is -0.334 e. The van der Waals surface area contributed by atoms with Crippen molar-refractivity contribution in [3.8, 4) is 11.5 Å². The second-order valence-corrected chi connectivity index (χ2v) is 4.28. The van der Waals surface area contributed by atoms with E-state index < -0.39 is 0 Å². The summed E-state index contributed by atoms with van der Waals surface area (Å²) >= 11 is 11.7. The summed E-state index contributed by atoms with van der Waals surface area (Å²) < 4.78 is 5.06. The Morgan fingerprint density at radius 1 is 1.25 bits per heavy atom. The van der Waals surface area contributed by atoms with Crippen LogP contribution in [0.25, 0.3) is 11.5 Å². The van der Waals surface area contributed by atoms with E-state index in [1.165, 1.54) is 0 Å². The predicted octanol–water partition coefficient (Wildman–Crippen LogP) is 3.06. The van der Waals surface area contributed by atoms with Gasteiger partial charge in [-0.3, -0.25) is 0 Å². The van der Waals surface area contributed by atoms with Crippen LogP contribution < -0.4 is 5.73 Å². The summed E-state index contributed by atoms with van der Waals surface area (Å²) in [5, 5.41) is 4.79. The topological polar surface area (TPSA) is 64.9 Å². The van der Waals surface area contributed by atoms with Crippen LogP contribution in [0.4, 0.5) is 0 Å². The molecule has 0 saturated heterocycles. The fraction of sp³-hybridized carbons (Fsp3) is 0.200. The van der Waals surface area contributed by atoms with Gasteiger partial charge < -0.3 is 10.3 Å². The van der Waals surface area contributed by atoms with Crippen molar-refractivity contribution in [3.63, 3.8) is 0 Å². The summed E-state index contributed by atoms with van der Waals surface area (Å²) in [6.07, 6.45) is 0. The number of nitrogens with two attached hydrogens (primary N) is 1. The lowest BCUT2D eigenvalue weighted by atomic mass is 10.2. The normalized spacial score (nSPS) is 12.8. The summed E-state index contributed by atoms with van der Waals surface area (Å²) in [7, 11) is 0. The Morgan fingerprint density at radius 3 is 2.38 bits per heavy atom. The number of hydrogen-bond acceptors (Lipinski definition) is 4. The molecule has 84 valence electrons. The van der Waals surface area contributed by atoms with Gasteiger partial charge in [-0.05, 0) is 25.1 Å². The molecule has 0 amide bonds. The second kappa shape index (κ2) is 4.41. The van der Waals surface area contributed by atoms with Crippen LogP contribution in [0.15, 0.2) is 22.7 Å². The average molecular weight is 258 g/mol. The lowest BCUT2D eigenvalue weighted by Crippen LogP contribution is -2.06. The molecule has 1 unspecified atom stereocenters. The first kappa shape index (κ1) is 11.4. The highest BCUT2D eigenvalue weighted by Crippen LogP contribution is 2.26. The number of aromatic nitrogens is 2. The molecule has 0 bridgehead atoms. The lowest BCUT2D eigenvalue weighted by molar-refractivity contribution is 0.418. The number of halogens is 2. The molecule has 16 heavy (non-hydrogen) atoms. The van der Waals surface area contributed by atoms with E-state index in [0.29, 0.717) is 27.3 Å². The highest BCUT2D eigenvalue weighted by molar-refractivity contribution is 6.35. The van der Waals surface area contributed by atoms with Gasteiger partial charge in [-0.25, -0.2) is 0 Å². The van der Waals surface area contributed by atoms with Crippen molar-refractivity contribution in [2.45, 2.75) is 13.0 Å². The first-order valence-corrected chi connectivity index (χ1v) is 5.37. The second-order valence-electron chi connectivity index (χ2n) is 3.40. The van der Waals surface area contributed by atoms with E-state index in [4.69, 9.17) is 33.5 Å². The highest BCUT2D eigenvalue weighted by atomic mass is 35.5. The third-order valence-corrected chi connectivity index (χ3v) is 2.39. The molecule has 0 radical (unpaired) electrons. The largest absolute Gasteiger partial charge is 0.334 e. The fourth-order valence-corrected chi connectivity index (χ4v) is 1.74. The van der Waals surface area contributed by atoms with Crippen LogP contribution in [0.2, 0.25) is 10.0 Å². The Kier molecular flexibility index (Phi) is 3.14. The van der Waals surface area contributed by atoms with Crippen molar-refractivity contribution in [1.82, 2.24) is 10.1 Å². The summed E-state index contributed by atoms with van der Waals surface area (Å²) in [6.45, 7) is 1.78. The van der Waals surface area contributed by atoms with E-state index in [9.17, 15) is 0 Å². The molecule has 2 rings (SSSR count). The zero-order chi connectivity index (χ0) is 11.7. The van der Waals surface area contributed by atoms with Gasteiger partial charge >= 0.3 is 0 Å². The van der Waals surface area contributed by atoms with Crippen LogP contribution in [0, 0.1) is 0 Å². The number of nitrogens with zero attached hydrogens (tertiary/aromatic N) is 2. The van der Waals surface area contributed by atoms with Crippen molar-refractivity contribution >= 4 is 23.2 Å². The molecule has 2 aromatic rings. The van der Waals surface area contributed by atoms with Crippen molar-refractivity contribution in [1.29, 1.82) is 0 Å². The van der Waals surface area contributed by atoms with Crippen LogP contribution in [0.3, 0.4) is 0 Å². The van der Waals surface area contributed by atoms with Crippen molar-refractivity contribution in [2.75, 3.05) is 0 Å². The van der Waals surface area contributed by atoms with Crippen LogP contribution in [0.1, 0.15) is 18.8 Å². The number of hydrogen-bond donors (Lipinski definition) is 1. The third-order valence-electron chi connectivity index (χ3n) is 1.96. The Bertz CT molecular complexity index is 490. The van der Waals surface area contributed by atoms with Gasteiger partial charge in [-0.1, -0.05) is 28.4 Å². The summed E-state index contributed by atoms with van der Waals surface area (Å²) in [6, 6.07) is 4.76. The van der Waals surface area contributed by atoms with E-state index >= 15 is 0 Å². The fourth-order valence-electron chi connectivity index (χ4n) is 1.21. The molecule has 2 N–H and O–H groups in total. The third kappa shape index (κ3) is 2.35. The maximum absolute atomic E-state index is 5.87. The van der Waals surface area contributed by atoms with Gasteiger partial charge in [-0.2, -0.15) is 4.98 Å². The molecular formula is C10H9Cl2N3O. The smallest absolute Gasteiger partial charge is 0.258 e. The Balaban J connectivity index is 2.42. The number of rotatable bonds is 2. The maximum atomic E-state index is 5.87. The standard InChI is InChI=1S/C10H9Cl2N3O/c1-5(13)9-14-10(16-15-9)6-2-7(11)4-8(12)3-6/h2-5H,13H2,1H3. The molecule has 0 aliphatic heterocycles. The van der Waals surface area contributed by atoms with Gasteiger partial charge in [-0.15, -0.1) is 0 Å². The van der Waals surface area contributed by atoms with Crippen molar-refractivity contribution in [3.05, 3.63) is 34.1 Å². The van der Waals surface area contributed by atoms with Gasteiger partial charge in [0.1, 0.15) is 0 Å². The van der Waals surface area contributed by atoms with E-state index in [0.717, 1.165) is 0 Å². The quantitative estimate of drug-likeness (QED) is 0.898. The van der Waals surface area contributed by atoms with Gasteiger partial charge in [0.2, 0.25) is 0 Å². The molecule has 1 atom stereocenters. The van der Waals surface area contributed by atoms with Gasteiger partial charge in [0, 0.05) is 15.6 Å². The summed E-state index contributed by atoms with van der Waals surface area (Å²) in [4.78, 5) is 4.14. The summed E-state index contributed by atoms with van der Waals surface area (Å²) in [5.74, 6) is 0.808. The lowest BCUT2D eigenvalue weighted by Gasteiger charge is -1.97. The van der Waals surface area contributed by atoms with Crippen molar-refractivity contribution < 1.29 is 4.52 Å². The predicted molar refractivity (Wildman–Crippen MR) is 62.4 cm³/mol. The minimum atomic E-state index is -0.271. The van der Waals surface area contributed by atoms with Crippen LogP contribution in [0.5, 0.6) is 0 Å². The van der Waals surface area contributed by atoms with E-state index in [1.807, 2.05) is 0 Å². The first-order valence-electron chi connectivity index (χ1n) is 4.62. The maximum Gasteiger partial charge on any atom is 0.258 e. The zero-order valence-corrected chi connectivity index (χ0v) is 9.96. The molecule has 0 aliphatic carbocycles. The van der Waals surface area contributed by atoms with Gasteiger partial charge in [0.05, 0.1) is 6.04 Å². The van der Waals surface area contributed by atoms with E-state index in [-0.39, 0.29) is 6.04 Å². The zero-order valence-electron chi connectivity index (χ0n) is 8.45. The molecule has 0 saturated carbocycles. The molecule has 6 heteroatoms. The Labute approximate surface area is 102 Å². The first-order chi connectivity index (χ1) is 7.56. The molecule has 4 nitrogen and oxygen atoms in total. The Hall–Kier alpha value is -1.10. The molecule has 1 aromatic heterocycles. The molecule has 1 heterocycles. The number of benzene rings is 1. The van der Waals surface area contributed by atoms with Crippen LogP contribution >= 0.6 is 23.2 Å². The van der Waals surface area contributed by atoms with Crippen LogP contribution in [-0.4, -0.2) is 10.1 Å². The molecule has 0 spiro atoms. The molecule has 1 aromatic carbocycles. The average Bonchev–Trinajstić information content (AvgIpc) is 2.64. The monoisotopic (exact) mass is 257 g/mol. The molecule has 0 fully saturated rings. The van der Waals surface area contributed by atoms with Gasteiger partial charge in [0.25, 0.3) is 5.89 Å². The minimum absolute atomic E-state index is 0.271. The SMILES string of the molecule is CC(N)c1noc(-c2cc(Cl)cc(Cl)c2)n1. The summed E-state index contributed by atoms with van der Waals surface area (Å²) in [5.41, 5.74) is 6.31. The van der Waals surface area contributed by atoms with E-state index in [2.05, 4.69) is 10.1 Å². The van der Waals surface area contributed by atoms with Crippen molar-refractivity contribution in [2.24, 2.45) is 5.73 Å². The Morgan fingerprint density at radius 2 is 1.88 bits per heavy atom. The molecule has 0 aliphatic rings. The molecular weight excluding hydrogens is 249 g/mol. The van der Waals surface area contributed by atoms with Crippen LogP contribution in [-0.2, 0) is 0 Å². The van der Waals surface area contributed by atoms with E-state index in [1.54, 1.807) is 25.1 Å². The highest BCUT2D eigenvalue weighted by Gasteiger charge is 2.12.